The Kier molecular flexibility index (Phi) is 8.00. The highest BCUT2D eigenvalue weighted by atomic mass is 19.1. The number of nitrogens with one attached hydrogen (secondary N) is 2. The molecule has 1 heterocycles. The van der Waals surface area contributed by atoms with Crippen LogP contribution in [0.25, 0.3) is 10.9 Å². The fourth-order valence-corrected chi connectivity index (χ4v) is 4.38. The second kappa shape index (κ2) is 11.2. The summed E-state index contributed by atoms with van der Waals surface area (Å²) in [5, 5.41) is 6.83. The Morgan fingerprint density at radius 3 is 2.18 bits per heavy atom. The van der Waals surface area contributed by atoms with E-state index in [1.54, 1.807) is 12.1 Å². The van der Waals surface area contributed by atoms with Crippen molar-refractivity contribution in [2.24, 2.45) is 5.92 Å². The molecular formula is C32H36FN3O2. The molecule has 4 aromatic rings. The lowest BCUT2D eigenvalue weighted by atomic mass is 9.87. The molecule has 0 fully saturated rings. The van der Waals surface area contributed by atoms with E-state index in [4.69, 9.17) is 0 Å². The predicted octanol–water partition coefficient (Wildman–Crippen LogP) is 6.69. The molecule has 0 aliphatic heterocycles. The molecule has 0 radical (unpaired) electrons. The van der Waals surface area contributed by atoms with Gasteiger partial charge in [0.25, 0.3) is 5.91 Å². The van der Waals surface area contributed by atoms with Gasteiger partial charge in [-0.05, 0) is 64.4 Å². The van der Waals surface area contributed by atoms with Crippen molar-refractivity contribution < 1.29 is 14.0 Å². The van der Waals surface area contributed by atoms with E-state index >= 15 is 0 Å². The first-order chi connectivity index (χ1) is 18.0. The summed E-state index contributed by atoms with van der Waals surface area (Å²) in [6, 6.07) is 22.0. The Hall–Kier alpha value is -3.93. The number of hydrogen-bond donors (Lipinski definition) is 2. The highest BCUT2D eigenvalue weighted by Crippen LogP contribution is 2.27. The first kappa shape index (κ1) is 27.1. The Balaban J connectivity index is 1.61. The molecule has 0 spiro atoms. The van der Waals surface area contributed by atoms with Crippen molar-refractivity contribution in [2.75, 3.05) is 11.9 Å². The minimum absolute atomic E-state index is 0.0676. The lowest BCUT2D eigenvalue weighted by Crippen LogP contribution is -2.29. The normalized spacial score (nSPS) is 11.7. The van der Waals surface area contributed by atoms with Crippen molar-refractivity contribution in [2.45, 2.75) is 53.0 Å². The summed E-state index contributed by atoms with van der Waals surface area (Å²) >= 11 is 0. The molecule has 0 saturated carbocycles. The molecule has 4 rings (SSSR count). The minimum Gasteiger partial charge on any atom is -0.351 e. The third-order valence-electron chi connectivity index (χ3n) is 6.53. The number of aromatic nitrogens is 1. The SMILES string of the molecule is CC(C)CNC(=O)c1cc2cc(NC(=O)Cc3ccc(F)cc3)ccc2n1Cc1ccc(C(C)(C)C)cc1. The van der Waals surface area contributed by atoms with Crippen LogP contribution in [-0.2, 0) is 23.2 Å². The molecule has 3 aromatic carbocycles. The molecule has 0 aliphatic carbocycles. The van der Waals surface area contributed by atoms with E-state index in [-0.39, 0.29) is 29.5 Å². The summed E-state index contributed by atoms with van der Waals surface area (Å²) in [5.41, 5.74) is 5.30. The van der Waals surface area contributed by atoms with E-state index in [0.29, 0.717) is 30.4 Å². The van der Waals surface area contributed by atoms with Crippen molar-refractivity contribution in [1.29, 1.82) is 0 Å². The number of nitrogens with zero attached hydrogens (tertiary/aromatic N) is 1. The molecule has 0 aliphatic rings. The molecule has 38 heavy (non-hydrogen) atoms. The number of anilines is 1. The van der Waals surface area contributed by atoms with Crippen molar-refractivity contribution in [3.8, 4) is 0 Å². The Bertz CT molecular complexity index is 1430. The molecule has 1 aromatic heterocycles. The zero-order valence-corrected chi connectivity index (χ0v) is 22.8. The molecular weight excluding hydrogens is 477 g/mol. The maximum Gasteiger partial charge on any atom is 0.267 e. The largest absolute Gasteiger partial charge is 0.351 e. The third kappa shape index (κ3) is 6.68. The zero-order chi connectivity index (χ0) is 27.4. The Morgan fingerprint density at radius 1 is 0.895 bits per heavy atom. The third-order valence-corrected chi connectivity index (χ3v) is 6.53. The van der Waals surface area contributed by atoms with Crippen LogP contribution in [0.4, 0.5) is 10.1 Å². The molecule has 5 nitrogen and oxygen atoms in total. The minimum atomic E-state index is -0.331. The van der Waals surface area contributed by atoms with Gasteiger partial charge in [-0.3, -0.25) is 9.59 Å². The maximum absolute atomic E-state index is 13.2. The van der Waals surface area contributed by atoms with Crippen LogP contribution in [0.3, 0.4) is 0 Å². The van der Waals surface area contributed by atoms with E-state index in [9.17, 15) is 14.0 Å². The number of carbonyl (C=O) groups is 2. The smallest absolute Gasteiger partial charge is 0.267 e. The quantitative estimate of drug-likeness (QED) is 0.276. The number of hydrogen-bond acceptors (Lipinski definition) is 2. The Morgan fingerprint density at radius 2 is 1.55 bits per heavy atom. The van der Waals surface area contributed by atoms with Gasteiger partial charge in [-0.25, -0.2) is 4.39 Å². The van der Waals surface area contributed by atoms with Crippen LogP contribution >= 0.6 is 0 Å². The average Bonchev–Trinajstić information content (AvgIpc) is 3.21. The van der Waals surface area contributed by atoms with Crippen molar-refractivity contribution in [1.82, 2.24) is 9.88 Å². The lowest BCUT2D eigenvalue weighted by Gasteiger charge is -2.19. The van der Waals surface area contributed by atoms with E-state index in [2.05, 4.69) is 69.5 Å². The van der Waals surface area contributed by atoms with Crippen LogP contribution in [0.15, 0.2) is 72.8 Å². The molecule has 0 atom stereocenters. The number of amides is 2. The summed E-state index contributed by atoms with van der Waals surface area (Å²) in [5.74, 6) is -0.306. The summed E-state index contributed by atoms with van der Waals surface area (Å²) < 4.78 is 15.2. The van der Waals surface area contributed by atoms with Gasteiger partial charge in [0.15, 0.2) is 0 Å². The van der Waals surface area contributed by atoms with E-state index < -0.39 is 0 Å². The standard InChI is InChI=1S/C32H36FN3O2/c1-21(2)19-34-31(38)29-18-24-17-27(35-30(37)16-22-8-12-26(33)13-9-22)14-15-28(24)36(29)20-23-6-10-25(11-7-23)32(3,4)5/h6-15,17-18,21H,16,19-20H2,1-5H3,(H,34,38)(H,35,37). The van der Waals surface area contributed by atoms with E-state index in [1.165, 1.54) is 17.7 Å². The fourth-order valence-electron chi connectivity index (χ4n) is 4.38. The van der Waals surface area contributed by atoms with E-state index in [0.717, 1.165) is 22.0 Å². The molecule has 2 N–H and O–H groups in total. The zero-order valence-electron chi connectivity index (χ0n) is 22.8. The summed E-state index contributed by atoms with van der Waals surface area (Å²) in [7, 11) is 0. The average molecular weight is 514 g/mol. The van der Waals surface area contributed by atoms with Gasteiger partial charge < -0.3 is 15.2 Å². The van der Waals surface area contributed by atoms with Crippen LogP contribution in [0.5, 0.6) is 0 Å². The second-order valence-electron chi connectivity index (χ2n) is 11.3. The number of rotatable bonds is 8. The monoisotopic (exact) mass is 513 g/mol. The van der Waals surface area contributed by atoms with Crippen molar-refractivity contribution >= 4 is 28.4 Å². The predicted molar refractivity (Wildman–Crippen MR) is 152 cm³/mol. The highest BCUT2D eigenvalue weighted by molar-refractivity contribution is 6.01. The topological polar surface area (TPSA) is 63.1 Å². The van der Waals surface area contributed by atoms with Gasteiger partial charge in [0.05, 0.1) is 6.42 Å². The van der Waals surface area contributed by atoms with Gasteiger partial charge in [-0.2, -0.15) is 0 Å². The number of carbonyl (C=O) groups excluding carboxylic acids is 2. The Labute approximate surface area is 224 Å². The first-order valence-corrected chi connectivity index (χ1v) is 13.0. The van der Waals surface area contributed by atoms with Gasteiger partial charge in [0.2, 0.25) is 5.91 Å². The molecule has 198 valence electrons. The maximum atomic E-state index is 13.2. The molecule has 0 saturated heterocycles. The van der Waals surface area contributed by atoms with Gasteiger partial charge in [0.1, 0.15) is 11.5 Å². The summed E-state index contributed by atoms with van der Waals surface area (Å²) in [6.07, 6.45) is 0.146. The van der Waals surface area contributed by atoms with Gasteiger partial charge in [0, 0.05) is 29.7 Å². The van der Waals surface area contributed by atoms with Gasteiger partial charge in [-0.15, -0.1) is 0 Å². The number of fused-ring (bicyclic) bond motifs is 1. The van der Waals surface area contributed by atoms with Crippen LogP contribution in [0, 0.1) is 11.7 Å². The van der Waals surface area contributed by atoms with Crippen molar-refractivity contribution in [3.63, 3.8) is 0 Å². The van der Waals surface area contributed by atoms with Crippen molar-refractivity contribution in [3.05, 3.63) is 101 Å². The number of halogens is 1. The summed E-state index contributed by atoms with van der Waals surface area (Å²) in [6.45, 7) is 11.8. The molecule has 6 heteroatoms. The lowest BCUT2D eigenvalue weighted by molar-refractivity contribution is -0.115. The van der Waals surface area contributed by atoms with Crippen LogP contribution in [0.2, 0.25) is 0 Å². The van der Waals surface area contributed by atoms with Gasteiger partial charge in [-0.1, -0.05) is 71.0 Å². The number of benzene rings is 3. The van der Waals surface area contributed by atoms with Gasteiger partial charge >= 0.3 is 0 Å². The molecule has 2 amide bonds. The van der Waals surface area contributed by atoms with E-state index in [1.807, 2.05) is 28.8 Å². The van der Waals surface area contributed by atoms with Crippen LogP contribution < -0.4 is 10.6 Å². The summed E-state index contributed by atoms with van der Waals surface area (Å²) in [4.78, 5) is 25.8. The highest BCUT2D eigenvalue weighted by Gasteiger charge is 2.18. The van der Waals surface area contributed by atoms with Crippen LogP contribution in [0.1, 0.15) is 61.8 Å². The van der Waals surface area contributed by atoms with Crippen LogP contribution in [-0.4, -0.2) is 22.9 Å². The molecule has 0 unspecified atom stereocenters. The first-order valence-electron chi connectivity index (χ1n) is 13.0. The molecule has 0 bridgehead atoms. The second-order valence-corrected chi connectivity index (χ2v) is 11.3. The fraction of sp³-hybridized carbons (Fsp3) is 0.312.